The van der Waals surface area contributed by atoms with E-state index in [0.29, 0.717) is 80.6 Å². The van der Waals surface area contributed by atoms with Crippen molar-refractivity contribution in [1.29, 1.82) is 0 Å². The minimum atomic E-state index is -4.98. The SMILES string of the molecule is CNCc1cc2cccc3c2c2c1CCc1cc([C@H]4CCC[C@](O)([C@H](Cc5ccccc5)C[C@@]5(N=C(N)N)Oc6ccc7c(c6)CC[C@@H](C)[C@@H]7C[C@@H](S(=O)(=O)[O-])[C@H]6C=C7C[C@H](C[C@H]8C[C@@H](CO)CC#Cc9cc(O)ccc9[C@@H]7O8)[C@@H]6c6ccc5cc6)C4)ccc1[C@@]1(O)CC[C@@H]3C[C@@H]21.[Na+]. The number of hydrogen-bond donors (Lipinski definition) is 7. The molecule has 18 rings (SSSR count). The quantitative estimate of drug-likeness (QED) is 0.0160. The summed E-state index contributed by atoms with van der Waals surface area (Å²) >= 11 is 0. The van der Waals surface area contributed by atoms with Crippen LogP contribution in [0.15, 0.2) is 150 Å². The molecule has 7 aromatic carbocycles. The van der Waals surface area contributed by atoms with Crippen LogP contribution >= 0.6 is 0 Å². The van der Waals surface area contributed by atoms with Crippen LogP contribution in [0.25, 0.3) is 10.8 Å². The predicted molar refractivity (Wildman–Crippen MR) is 377 cm³/mol. The summed E-state index contributed by atoms with van der Waals surface area (Å²) in [4.78, 5) is 5.26. The largest absolute Gasteiger partial charge is 1.00 e. The van der Waals surface area contributed by atoms with Gasteiger partial charge in [0.2, 0.25) is 5.72 Å². The summed E-state index contributed by atoms with van der Waals surface area (Å²) in [5.41, 5.74) is 25.3. The third kappa shape index (κ3) is 12.2. The van der Waals surface area contributed by atoms with Gasteiger partial charge in [-0.05, 0) is 271 Å². The van der Waals surface area contributed by atoms with Crippen LogP contribution in [-0.4, -0.2) is 70.0 Å². The molecule has 5 heterocycles. The van der Waals surface area contributed by atoms with E-state index in [0.717, 1.165) is 90.4 Å². The van der Waals surface area contributed by atoms with E-state index in [-0.39, 0.29) is 102 Å². The van der Waals surface area contributed by atoms with Crippen LogP contribution in [0.5, 0.6) is 11.5 Å². The van der Waals surface area contributed by atoms with Crippen molar-refractivity contribution in [2.45, 2.75) is 193 Å². The first-order valence-electron chi connectivity index (χ1n) is 36.0. The number of fused-ring (bicyclic) bond motifs is 12. The molecule has 11 aliphatic rings. The number of aliphatic imine (C=N–C) groups is 1. The molecule has 15 heteroatoms. The van der Waals surface area contributed by atoms with Gasteiger partial charge in [0.15, 0.2) is 5.96 Å². The summed E-state index contributed by atoms with van der Waals surface area (Å²) < 4.78 is 58.3. The van der Waals surface area contributed by atoms with E-state index >= 15 is 0 Å². The molecule has 0 unspecified atom stereocenters. The molecule has 98 heavy (non-hydrogen) atoms. The van der Waals surface area contributed by atoms with Crippen molar-refractivity contribution in [1.82, 2.24) is 5.32 Å². The maximum Gasteiger partial charge on any atom is 1.00 e. The van der Waals surface area contributed by atoms with Gasteiger partial charge in [0.1, 0.15) is 17.6 Å². The molecule has 7 aromatic rings. The molecule has 0 amide bonds. The van der Waals surface area contributed by atoms with Gasteiger partial charge in [-0.1, -0.05) is 128 Å². The number of aryl methyl sites for hydroxylation is 2. The number of aliphatic hydroxyl groups excluding tert-OH is 1. The molecule has 1 saturated heterocycles. The number of nitrogens with zero attached hydrogens (tertiary/aromatic N) is 1. The zero-order valence-electron chi connectivity index (χ0n) is 56.8. The molecule has 12 bridgehead atoms. The Balaban J connectivity index is 0.00000784. The van der Waals surface area contributed by atoms with Gasteiger partial charge in [-0.25, -0.2) is 13.4 Å². The van der Waals surface area contributed by atoms with E-state index in [4.69, 9.17) is 25.9 Å². The Hall–Kier alpha value is -6.32. The molecular formula is C83H91N4NaO9S. The van der Waals surface area contributed by atoms with E-state index in [9.17, 15) is 33.4 Å². The molecule has 0 radical (unpaired) electrons. The number of hydrogen-bond acceptors (Lipinski definition) is 11. The van der Waals surface area contributed by atoms with E-state index < -0.39 is 56.2 Å². The number of nitrogens with two attached hydrogens (primary N) is 2. The Bertz CT molecular complexity index is 4470. The van der Waals surface area contributed by atoms with Gasteiger partial charge in [-0.3, -0.25) is 0 Å². The Morgan fingerprint density at radius 2 is 1.64 bits per heavy atom. The normalized spacial score (nSPS) is 31.4. The van der Waals surface area contributed by atoms with Gasteiger partial charge in [-0.2, -0.15) is 0 Å². The maximum absolute atomic E-state index is 14.5. The van der Waals surface area contributed by atoms with Crippen LogP contribution in [-0.2, 0) is 58.4 Å². The van der Waals surface area contributed by atoms with Crippen LogP contribution in [0, 0.1) is 41.4 Å². The van der Waals surface area contributed by atoms with Gasteiger partial charge in [0.05, 0.1) is 32.7 Å². The van der Waals surface area contributed by atoms with Gasteiger partial charge in [-0.15, -0.1) is 0 Å². The fraction of sp³-hybridized carbons (Fsp3) is 0.458. The Morgan fingerprint density at radius 1 is 0.827 bits per heavy atom. The van der Waals surface area contributed by atoms with Crippen molar-refractivity contribution >= 4 is 26.9 Å². The van der Waals surface area contributed by atoms with Crippen LogP contribution in [0.4, 0.5) is 0 Å². The van der Waals surface area contributed by atoms with Crippen molar-refractivity contribution < 1.29 is 72.4 Å². The second kappa shape index (κ2) is 26.6. The van der Waals surface area contributed by atoms with Crippen LogP contribution in [0.3, 0.4) is 0 Å². The Labute approximate surface area is 599 Å². The van der Waals surface area contributed by atoms with Crippen molar-refractivity contribution in [3.05, 3.63) is 223 Å². The first kappa shape index (κ1) is 67.5. The van der Waals surface area contributed by atoms with Crippen molar-refractivity contribution in [3.63, 3.8) is 0 Å². The molecule has 5 aliphatic heterocycles. The van der Waals surface area contributed by atoms with Gasteiger partial charge >= 0.3 is 29.6 Å². The smallest absolute Gasteiger partial charge is 0.748 e. The molecule has 504 valence electrons. The second-order valence-corrected chi connectivity index (χ2v) is 32.4. The monoisotopic (exact) mass is 1340 g/mol. The molecule has 16 atom stereocenters. The fourth-order valence-corrected chi connectivity index (χ4v) is 21.8. The number of nitrogens with one attached hydrogen (secondary N) is 1. The molecule has 3 fully saturated rings. The third-order valence-electron chi connectivity index (χ3n) is 25.2. The summed E-state index contributed by atoms with van der Waals surface area (Å²) in [5, 5.41) is 54.0. The minimum absolute atomic E-state index is 0. The number of phenols is 1. The zero-order valence-corrected chi connectivity index (χ0v) is 59.6. The molecule has 0 spiro atoms. The number of ether oxygens (including phenoxy) is 2. The van der Waals surface area contributed by atoms with E-state index in [1.807, 2.05) is 49.5 Å². The Morgan fingerprint density at radius 3 is 2.44 bits per heavy atom. The van der Waals surface area contributed by atoms with Crippen molar-refractivity contribution in [3.8, 4) is 23.3 Å². The molecule has 2 saturated carbocycles. The summed E-state index contributed by atoms with van der Waals surface area (Å²) in [5.74, 6) is 5.06. The van der Waals surface area contributed by atoms with E-state index in [1.165, 1.54) is 44.2 Å². The van der Waals surface area contributed by atoms with Crippen LogP contribution < -0.4 is 51.1 Å². The Kier molecular flexibility index (Phi) is 18.3. The number of aromatic hydroxyl groups is 1. The van der Waals surface area contributed by atoms with Crippen LogP contribution in [0.1, 0.15) is 210 Å². The average molecular weight is 1340 g/mol. The molecule has 0 aromatic heterocycles. The zero-order chi connectivity index (χ0) is 66.7. The summed E-state index contributed by atoms with van der Waals surface area (Å²) in [7, 11) is -2.96. The summed E-state index contributed by atoms with van der Waals surface area (Å²) in [6.45, 7) is 2.83. The fourth-order valence-electron chi connectivity index (χ4n) is 20.7. The third-order valence-corrected chi connectivity index (χ3v) is 26.4. The van der Waals surface area contributed by atoms with E-state index in [2.05, 4.69) is 109 Å². The number of allylic oxidation sites excluding steroid dienone is 1. The van der Waals surface area contributed by atoms with Gasteiger partial charge in [0, 0.05) is 48.6 Å². The first-order chi connectivity index (χ1) is 46.9. The molecule has 9 N–H and O–H groups in total. The number of phenolic OH excluding ortho intramolecular Hbond substituents is 1. The van der Waals surface area contributed by atoms with Crippen molar-refractivity contribution in [2.75, 3.05) is 13.7 Å². The summed E-state index contributed by atoms with van der Waals surface area (Å²) in [6, 6.07) is 45.8. The number of benzene rings is 7. The van der Waals surface area contributed by atoms with E-state index in [1.54, 1.807) is 12.1 Å². The minimum Gasteiger partial charge on any atom is -0.748 e. The van der Waals surface area contributed by atoms with Crippen molar-refractivity contribution in [2.24, 2.45) is 46.0 Å². The first-order valence-corrected chi connectivity index (χ1v) is 37.4. The molecule has 13 nitrogen and oxygen atoms in total. The van der Waals surface area contributed by atoms with Gasteiger partial charge in [0.25, 0.3) is 0 Å². The maximum atomic E-state index is 14.5. The average Bonchev–Trinajstić information content (AvgIpc) is 0.792. The van der Waals surface area contributed by atoms with Gasteiger partial charge < -0.3 is 51.2 Å². The topological polar surface area (TPSA) is 233 Å². The standard InChI is InChI=1S/C83H92N4O9S.Na/c1-48-16-17-54-39-65-25-28-67(54)71(48)43-75(97(92,93)94)72-41-60-37-59(40-66-34-50(47-88)11-6-12-53-38-64(89)24-27-70(53)79(60)95-66)76(72)51-18-22-62(23-19-51)83(96-65,87-80(84)85)45-63(33-49-9-4-3-5-10-49)81(90)31-8-14-58(44-81)52-21-29-73-56(35-52)20-26-69-61(46-86-2)36-57-13-7-15-68-55-30-32-82(73,91)74(42-55)78(69)77(57)68;/h3-5,7,9-10,13,15,18-19,21-25,27-29,35-36,38-39,41,48,50,55,58-59,63,66,71-72,74-76,79,86,88-91H,8,11,14,16-17,20,26,30-34,37,40,42-47H2,1-2H3,(H4,84,85,87)(H,92,93,94);/q;+1/p-1/t48-,50+,55-,58+,59-,63-,66-,71+,72-,74+,75-,76+,79-,81-,82+,83-;/m1./s1. The second-order valence-electron chi connectivity index (χ2n) is 30.8. The predicted octanol–water partition coefficient (Wildman–Crippen LogP) is 10.4. The van der Waals surface area contributed by atoms with Crippen LogP contribution in [0.2, 0.25) is 0 Å². The summed E-state index contributed by atoms with van der Waals surface area (Å²) in [6.07, 6.45) is 12.3. The molecular weight excluding hydrogens is 1250 g/mol. The number of rotatable bonds is 11. The molecule has 6 aliphatic carbocycles. The number of aliphatic hydroxyl groups is 3. The number of guanidine groups is 1.